The number of para-hydroxylation sites is 1. The van der Waals surface area contributed by atoms with Crippen LogP contribution in [0.3, 0.4) is 0 Å². The van der Waals surface area contributed by atoms with Gasteiger partial charge in [-0.1, -0.05) is 18.2 Å². The van der Waals surface area contributed by atoms with Crippen molar-refractivity contribution in [3.8, 4) is 5.75 Å². The van der Waals surface area contributed by atoms with Gasteiger partial charge >= 0.3 is 6.09 Å². The van der Waals surface area contributed by atoms with E-state index in [0.717, 1.165) is 5.75 Å². The van der Waals surface area contributed by atoms with Crippen molar-refractivity contribution < 1.29 is 19.1 Å². The molecule has 1 aromatic carbocycles. The van der Waals surface area contributed by atoms with Crippen LogP contribution in [-0.4, -0.2) is 35.2 Å². The van der Waals surface area contributed by atoms with Gasteiger partial charge in [-0.05, 0) is 58.9 Å². The van der Waals surface area contributed by atoms with Crippen molar-refractivity contribution in [2.75, 3.05) is 6.54 Å². The predicted molar refractivity (Wildman–Crippen MR) is 111 cm³/mol. The van der Waals surface area contributed by atoms with E-state index in [4.69, 9.17) is 9.47 Å². The molecule has 29 heavy (non-hydrogen) atoms. The molecule has 0 bridgehead atoms. The average Bonchev–Trinajstić information content (AvgIpc) is 2.64. The first-order chi connectivity index (χ1) is 13.6. The third-order valence-electron chi connectivity index (χ3n) is 3.83. The van der Waals surface area contributed by atoms with Gasteiger partial charge in [-0.25, -0.2) is 4.79 Å². The number of alkyl carbamates (subject to hydrolysis) is 1. The Morgan fingerprint density at radius 3 is 2.38 bits per heavy atom. The van der Waals surface area contributed by atoms with Gasteiger partial charge in [0, 0.05) is 0 Å². The monoisotopic (exact) mass is 399 g/mol. The quantitative estimate of drug-likeness (QED) is 0.742. The number of amides is 2. The number of benzene rings is 1. The molecular formula is C22H29N3O4. The smallest absolute Gasteiger partial charge is 0.407 e. The summed E-state index contributed by atoms with van der Waals surface area (Å²) in [5, 5.41) is 5.52. The largest absolute Gasteiger partial charge is 0.489 e. The van der Waals surface area contributed by atoms with Crippen LogP contribution in [0.25, 0.3) is 0 Å². The average molecular weight is 399 g/mol. The van der Waals surface area contributed by atoms with E-state index in [2.05, 4.69) is 15.6 Å². The third kappa shape index (κ3) is 7.81. The summed E-state index contributed by atoms with van der Waals surface area (Å²) >= 11 is 0. The fourth-order valence-electron chi connectivity index (χ4n) is 2.53. The highest BCUT2D eigenvalue weighted by Gasteiger charge is 2.16. The molecule has 1 atom stereocenters. The molecule has 2 rings (SSSR count). The lowest BCUT2D eigenvalue weighted by atomic mass is 10.1. The summed E-state index contributed by atoms with van der Waals surface area (Å²) in [5.74, 6) is 0.541. The van der Waals surface area contributed by atoms with Crippen molar-refractivity contribution in [3.05, 3.63) is 59.4 Å². The molecule has 7 heteroatoms. The van der Waals surface area contributed by atoms with E-state index in [-0.39, 0.29) is 18.6 Å². The Hall–Kier alpha value is -3.09. The summed E-state index contributed by atoms with van der Waals surface area (Å²) in [6.07, 6.45) is -0.682. The first-order valence-electron chi connectivity index (χ1n) is 9.57. The second kappa shape index (κ2) is 9.91. The molecule has 0 aliphatic rings. The van der Waals surface area contributed by atoms with Crippen molar-refractivity contribution in [3.63, 3.8) is 0 Å². The fraction of sp³-hybridized carbons (Fsp3) is 0.409. The minimum absolute atomic E-state index is 0.174. The van der Waals surface area contributed by atoms with E-state index in [9.17, 15) is 9.59 Å². The Kier molecular flexibility index (Phi) is 7.59. The lowest BCUT2D eigenvalue weighted by Gasteiger charge is -2.19. The van der Waals surface area contributed by atoms with Gasteiger partial charge in [0.2, 0.25) is 0 Å². The van der Waals surface area contributed by atoms with E-state index in [1.54, 1.807) is 39.8 Å². The van der Waals surface area contributed by atoms with Crippen LogP contribution in [-0.2, 0) is 11.3 Å². The van der Waals surface area contributed by atoms with Crippen LogP contribution >= 0.6 is 0 Å². The Bertz CT molecular complexity index is 832. The van der Waals surface area contributed by atoms with Crippen LogP contribution < -0.4 is 15.4 Å². The molecule has 0 aliphatic carbocycles. The molecule has 7 nitrogen and oxygen atoms in total. The lowest BCUT2D eigenvalue weighted by molar-refractivity contribution is 0.0522. The molecule has 0 spiro atoms. The van der Waals surface area contributed by atoms with Crippen LogP contribution in [0, 0.1) is 6.92 Å². The van der Waals surface area contributed by atoms with Crippen LogP contribution in [0.5, 0.6) is 5.75 Å². The Morgan fingerprint density at radius 1 is 1.07 bits per heavy atom. The number of carbonyl (C=O) groups is 2. The summed E-state index contributed by atoms with van der Waals surface area (Å²) in [5.41, 5.74) is 1.16. The van der Waals surface area contributed by atoms with Gasteiger partial charge in [0.1, 0.15) is 17.5 Å². The molecule has 1 aromatic heterocycles. The van der Waals surface area contributed by atoms with E-state index in [1.165, 1.54) is 0 Å². The maximum atomic E-state index is 12.5. The van der Waals surface area contributed by atoms with Crippen LogP contribution in [0.2, 0.25) is 0 Å². The van der Waals surface area contributed by atoms with Gasteiger partial charge < -0.3 is 20.1 Å². The number of pyridine rings is 1. The Labute approximate surface area is 171 Å². The molecule has 2 aromatic rings. The highest BCUT2D eigenvalue weighted by Crippen LogP contribution is 2.11. The molecule has 1 unspecified atom stereocenters. The number of nitrogens with one attached hydrogen (secondary N) is 2. The summed E-state index contributed by atoms with van der Waals surface area (Å²) in [7, 11) is 0. The standard InChI is InChI=1S/C22H29N3O4/c1-15(28-18-9-7-6-8-10-18)13-23-20(26)19-12-11-17(25-16(19)2)14-24-21(27)29-22(3,4)5/h6-12,15H,13-14H2,1-5H3,(H,23,26)(H,24,27). The van der Waals surface area contributed by atoms with Crippen molar-refractivity contribution in [1.29, 1.82) is 0 Å². The molecule has 1 heterocycles. The highest BCUT2D eigenvalue weighted by atomic mass is 16.6. The van der Waals surface area contributed by atoms with E-state index < -0.39 is 11.7 Å². The van der Waals surface area contributed by atoms with Gasteiger partial charge in [-0.3, -0.25) is 9.78 Å². The second-order valence-corrected chi connectivity index (χ2v) is 7.74. The van der Waals surface area contributed by atoms with Crippen LogP contribution in [0.1, 0.15) is 49.4 Å². The second-order valence-electron chi connectivity index (χ2n) is 7.74. The van der Waals surface area contributed by atoms with E-state index >= 15 is 0 Å². The van der Waals surface area contributed by atoms with Crippen molar-refractivity contribution in [1.82, 2.24) is 15.6 Å². The predicted octanol–water partition coefficient (Wildman–Crippen LogP) is 3.61. The topological polar surface area (TPSA) is 89.5 Å². The highest BCUT2D eigenvalue weighted by molar-refractivity contribution is 5.95. The minimum Gasteiger partial charge on any atom is -0.489 e. The van der Waals surface area contributed by atoms with Crippen molar-refractivity contribution in [2.24, 2.45) is 0 Å². The van der Waals surface area contributed by atoms with Crippen molar-refractivity contribution in [2.45, 2.75) is 52.9 Å². The summed E-state index contributed by atoms with van der Waals surface area (Å²) < 4.78 is 11.0. The van der Waals surface area contributed by atoms with Gasteiger partial charge in [-0.15, -0.1) is 0 Å². The molecular weight excluding hydrogens is 370 g/mol. The molecule has 2 amide bonds. The summed E-state index contributed by atoms with van der Waals surface area (Å²) in [4.78, 5) is 28.6. The van der Waals surface area contributed by atoms with Crippen LogP contribution in [0.4, 0.5) is 4.79 Å². The third-order valence-corrected chi connectivity index (χ3v) is 3.83. The number of hydrogen-bond donors (Lipinski definition) is 2. The SMILES string of the molecule is Cc1nc(CNC(=O)OC(C)(C)C)ccc1C(=O)NCC(C)Oc1ccccc1. The molecule has 0 radical (unpaired) electrons. The molecule has 2 N–H and O–H groups in total. The number of carbonyl (C=O) groups excluding carboxylic acids is 2. The zero-order chi connectivity index (χ0) is 21.4. The first-order valence-corrected chi connectivity index (χ1v) is 9.57. The molecule has 0 saturated heterocycles. The number of rotatable bonds is 7. The van der Waals surface area contributed by atoms with Gasteiger partial charge in [0.15, 0.2) is 0 Å². The first kappa shape index (κ1) is 22.2. The number of nitrogens with zero attached hydrogens (tertiary/aromatic N) is 1. The fourth-order valence-corrected chi connectivity index (χ4v) is 2.53. The number of ether oxygens (including phenoxy) is 2. The van der Waals surface area contributed by atoms with E-state index in [0.29, 0.717) is 23.5 Å². The van der Waals surface area contributed by atoms with Gasteiger partial charge in [0.25, 0.3) is 5.91 Å². The number of aryl methyl sites for hydroxylation is 1. The molecule has 0 aliphatic heterocycles. The Balaban J connectivity index is 1.85. The maximum absolute atomic E-state index is 12.5. The van der Waals surface area contributed by atoms with Crippen molar-refractivity contribution >= 4 is 12.0 Å². The maximum Gasteiger partial charge on any atom is 0.407 e. The minimum atomic E-state index is -0.559. The molecule has 156 valence electrons. The van der Waals surface area contributed by atoms with Crippen LogP contribution in [0.15, 0.2) is 42.5 Å². The zero-order valence-electron chi connectivity index (χ0n) is 17.6. The van der Waals surface area contributed by atoms with Gasteiger partial charge in [0.05, 0.1) is 30.0 Å². The lowest BCUT2D eigenvalue weighted by Crippen LogP contribution is -2.34. The molecule has 0 saturated carbocycles. The Morgan fingerprint density at radius 2 is 1.76 bits per heavy atom. The zero-order valence-corrected chi connectivity index (χ0v) is 17.6. The number of hydrogen-bond acceptors (Lipinski definition) is 5. The molecule has 0 fully saturated rings. The summed E-state index contributed by atoms with van der Waals surface area (Å²) in [6.45, 7) is 9.64. The van der Waals surface area contributed by atoms with Gasteiger partial charge in [-0.2, -0.15) is 0 Å². The summed E-state index contributed by atoms with van der Waals surface area (Å²) in [6, 6.07) is 12.9. The van der Waals surface area contributed by atoms with E-state index in [1.807, 2.05) is 37.3 Å². The number of aromatic nitrogens is 1. The normalized spacial score (nSPS) is 12.0.